The van der Waals surface area contributed by atoms with Crippen molar-refractivity contribution in [3.63, 3.8) is 0 Å². The minimum Gasteiger partial charge on any atom is -0.744 e. The van der Waals surface area contributed by atoms with Gasteiger partial charge in [0.05, 0.1) is 14.9 Å². The topological polar surface area (TPSA) is 77.4 Å². The molecule has 0 bridgehead atoms. The van der Waals surface area contributed by atoms with Gasteiger partial charge in [-0.3, -0.25) is 0 Å². The quantitative estimate of drug-likeness (QED) is 0.475. The minimum absolute atomic E-state index is 0. The zero-order valence-electron chi connectivity index (χ0n) is 11.3. The van der Waals surface area contributed by atoms with Crippen LogP contribution in [0, 0.1) is 0 Å². The van der Waals surface area contributed by atoms with Crippen molar-refractivity contribution in [2.45, 2.75) is 11.0 Å². The molecule has 1 N–H and O–H groups in total. The van der Waals surface area contributed by atoms with E-state index in [9.17, 15) is 18.1 Å². The Bertz CT molecular complexity index is 796. The third kappa shape index (κ3) is 4.60. The number of hydrogen-bond acceptors (Lipinski definition) is 4. The molecule has 0 fully saturated rings. The van der Waals surface area contributed by atoms with Crippen LogP contribution in [0.5, 0.6) is 0 Å². The van der Waals surface area contributed by atoms with Gasteiger partial charge in [0, 0.05) is 10.6 Å². The average Bonchev–Trinajstić information content (AvgIpc) is 2.41. The molecule has 0 aliphatic heterocycles. The molecule has 112 valence electrons. The maximum atomic E-state index is 11.0. The molecule has 2 rings (SSSR count). The number of benzene rings is 2. The second kappa shape index (κ2) is 7.83. The molecule has 0 saturated carbocycles. The largest absolute Gasteiger partial charge is 1.00 e. The predicted octanol–water partition coefficient (Wildman–Crippen LogP) is 0.637. The van der Waals surface area contributed by atoms with E-state index in [0.29, 0.717) is 0 Å². The number of rotatable bonds is 3. The van der Waals surface area contributed by atoms with Gasteiger partial charge in [0.1, 0.15) is 16.2 Å². The van der Waals surface area contributed by atoms with Crippen LogP contribution < -0.4 is 29.6 Å². The standard InChI is InChI=1S/C13H9Cl3O4S.Na/c14-8-5-10(12(16)11(15)6-8)13(17)7-2-1-3-9(4-7)21(18,19)20;/h1-6,13,17H,(H,18,19,20);/q;+1/p-1. The Morgan fingerprint density at radius 3 is 2.32 bits per heavy atom. The van der Waals surface area contributed by atoms with E-state index < -0.39 is 21.1 Å². The van der Waals surface area contributed by atoms with E-state index >= 15 is 0 Å². The number of aliphatic hydroxyl groups is 1. The molecule has 2 aromatic carbocycles. The summed E-state index contributed by atoms with van der Waals surface area (Å²) in [4.78, 5) is -0.441. The van der Waals surface area contributed by atoms with E-state index in [4.69, 9.17) is 34.8 Å². The first kappa shape index (κ1) is 20.2. The first-order valence-electron chi connectivity index (χ1n) is 5.58. The summed E-state index contributed by atoms with van der Waals surface area (Å²) in [5, 5.41) is 10.8. The number of aliphatic hydroxyl groups excluding tert-OH is 1. The van der Waals surface area contributed by atoms with E-state index in [2.05, 4.69) is 0 Å². The number of hydrogen-bond donors (Lipinski definition) is 1. The van der Waals surface area contributed by atoms with Gasteiger partial charge in [0.25, 0.3) is 0 Å². The molecule has 0 aliphatic rings. The maximum absolute atomic E-state index is 11.0. The molecular weight excluding hydrogens is 382 g/mol. The van der Waals surface area contributed by atoms with Crippen LogP contribution in [0.1, 0.15) is 17.2 Å². The van der Waals surface area contributed by atoms with Gasteiger partial charge < -0.3 is 9.66 Å². The molecule has 22 heavy (non-hydrogen) atoms. The molecule has 9 heteroatoms. The minimum atomic E-state index is -4.61. The predicted molar refractivity (Wildman–Crippen MR) is 79.9 cm³/mol. The molecule has 2 aromatic rings. The smallest absolute Gasteiger partial charge is 0.744 e. The van der Waals surface area contributed by atoms with Gasteiger partial charge in [0.15, 0.2) is 0 Å². The molecule has 4 nitrogen and oxygen atoms in total. The van der Waals surface area contributed by atoms with Crippen molar-refractivity contribution in [1.82, 2.24) is 0 Å². The normalized spacial score (nSPS) is 12.6. The van der Waals surface area contributed by atoms with E-state index in [1.807, 2.05) is 0 Å². The van der Waals surface area contributed by atoms with E-state index in [-0.39, 0.29) is 55.8 Å². The molecule has 1 unspecified atom stereocenters. The molecule has 0 aromatic heterocycles. The monoisotopic (exact) mass is 388 g/mol. The van der Waals surface area contributed by atoms with Crippen LogP contribution in [-0.4, -0.2) is 18.1 Å². The Labute approximate surface area is 165 Å². The van der Waals surface area contributed by atoms with Crippen molar-refractivity contribution in [1.29, 1.82) is 0 Å². The fourth-order valence-corrected chi connectivity index (χ4v) is 3.04. The first-order valence-corrected chi connectivity index (χ1v) is 8.12. The SMILES string of the molecule is O=S(=O)([O-])c1cccc(C(O)c2cc(Cl)cc(Cl)c2Cl)c1.[Na+]. The second-order valence-electron chi connectivity index (χ2n) is 4.22. The molecular formula is C13H8Cl3NaO4S. The molecule has 1 atom stereocenters. The van der Waals surface area contributed by atoms with Crippen molar-refractivity contribution in [3.8, 4) is 0 Å². The fraction of sp³-hybridized carbons (Fsp3) is 0.0769. The van der Waals surface area contributed by atoms with E-state index in [1.54, 1.807) is 0 Å². The summed E-state index contributed by atoms with van der Waals surface area (Å²) in [6.45, 7) is 0. The van der Waals surface area contributed by atoms with Gasteiger partial charge in [-0.2, -0.15) is 0 Å². The van der Waals surface area contributed by atoms with Crippen molar-refractivity contribution in [2.75, 3.05) is 0 Å². The van der Waals surface area contributed by atoms with Crippen LogP contribution in [0.3, 0.4) is 0 Å². The summed E-state index contributed by atoms with van der Waals surface area (Å²) in [5.74, 6) is 0. The second-order valence-corrected chi connectivity index (χ2v) is 6.82. The van der Waals surface area contributed by atoms with Gasteiger partial charge in [-0.15, -0.1) is 0 Å². The van der Waals surface area contributed by atoms with Gasteiger partial charge in [-0.1, -0.05) is 46.9 Å². The Balaban J connectivity index is 0.00000242. The van der Waals surface area contributed by atoms with Crippen LogP contribution in [-0.2, 0) is 10.1 Å². The van der Waals surface area contributed by atoms with Crippen LogP contribution >= 0.6 is 34.8 Å². The van der Waals surface area contributed by atoms with E-state index in [1.165, 1.54) is 24.3 Å². The average molecular weight is 390 g/mol. The van der Waals surface area contributed by atoms with Gasteiger partial charge >= 0.3 is 29.6 Å². The van der Waals surface area contributed by atoms with Gasteiger partial charge in [-0.25, -0.2) is 8.42 Å². The summed E-state index contributed by atoms with van der Waals surface area (Å²) in [7, 11) is -4.61. The molecule has 0 radical (unpaired) electrons. The van der Waals surface area contributed by atoms with Crippen molar-refractivity contribution >= 4 is 44.9 Å². The van der Waals surface area contributed by atoms with Crippen LogP contribution in [0.2, 0.25) is 15.1 Å². The Hall–Kier alpha value is 0.180. The van der Waals surface area contributed by atoms with Crippen molar-refractivity contribution in [3.05, 3.63) is 62.6 Å². The summed E-state index contributed by atoms with van der Waals surface area (Å²) in [6, 6.07) is 7.87. The van der Waals surface area contributed by atoms with Crippen molar-refractivity contribution in [2.24, 2.45) is 0 Å². The first-order chi connectivity index (χ1) is 9.70. The zero-order chi connectivity index (χ0) is 15.8. The van der Waals surface area contributed by atoms with Crippen LogP contribution in [0.4, 0.5) is 0 Å². The van der Waals surface area contributed by atoms with Crippen molar-refractivity contribution < 1.29 is 47.6 Å². The van der Waals surface area contributed by atoms with Gasteiger partial charge in [-0.05, 0) is 29.8 Å². The molecule has 0 saturated heterocycles. The van der Waals surface area contributed by atoms with Gasteiger partial charge in [0.2, 0.25) is 0 Å². The summed E-state index contributed by atoms with van der Waals surface area (Å²) in [5.41, 5.74) is 0.404. The summed E-state index contributed by atoms with van der Waals surface area (Å²) in [6.07, 6.45) is -1.27. The number of halogens is 3. The fourth-order valence-electron chi connectivity index (χ4n) is 1.79. The molecule has 0 aliphatic carbocycles. The zero-order valence-corrected chi connectivity index (χ0v) is 16.3. The van der Waals surface area contributed by atoms with Crippen LogP contribution in [0.15, 0.2) is 41.3 Å². The molecule has 0 heterocycles. The maximum Gasteiger partial charge on any atom is 1.00 e. The third-order valence-electron chi connectivity index (χ3n) is 2.78. The summed E-state index contributed by atoms with van der Waals surface area (Å²) >= 11 is 17.7. The Morgan fingerprint density at radius 2 is 1.73 bits per heavy atom. The summed E-state index contributed by atoms with van der Waals surface area (Å²) < 4.78 is 33.0. The molecule has 0 spiro atoms. The Kier molecular flexibility index (Phi) is 7.20. The third-order valence-corrected chi connectivity index (χ3v) is 4.64. The molecule has 0 amide bonds. The van der Waals surface area contributed by atoms with Crippen LogP contribution in [0.25, 0.3) is 0 Å². The Morgan fingerprint density at radius 1 is 1.09 bits per heavy atom. The van der Waals surface area contributed by atoms with E-state index in [0.717, 1.165) is 12.1 Å².